The lowest BCUT2D eigenvalue weighted by molar-refractivity contribution is -0.157. The maximum Gasteiger partial charge on any atom is 0.339 e. The first kappa shape index (κ1) is 42.7. The molecule has 4 aromatic rings. The zero-order valence-corrected chi connectivity index (χ0v) is 35.2. The smallest absolute Gasteiger partial charge is 0.339 e. The van der Waals surface area contributed by atoms with Crippen molar-refractivity contribution in [2.45, 2.75) is 88.2 Å². The number of nitrogens with one attached hydrogen (secondary N) is 1. The first-order valence-electron chi connectivity index (χ1n) is 19.3. The minimum Gasteiger partial charge on any atom is -0.460 e. The van der Waals surface area contributed by atoms with Gasteiger partial charge in [-0.15, -0.1) is 0 Å². The number of hydrogen-bond donors (Lipinski definition) is 2. The van der Waals surface area contributed by atoms with Crippen LogP contribution in [-0.4, -0.2) is 83.4 Å². The van der Waals surface area contributed by atoms with Crippen molar-refractivity contribution in [3.63, 3.8) is 0 Å². The van der Waals surface area contributed by atoms with E-state index in [9.17, 15) is 24.3 Å². The number of esters is 2. The second-order valence-electron chi connectivity index (χ2n) is 15.5. The summed E-state index contributed by atoms with van der Waals surface area (Å²) >= 11 is 2.09. The van der Waals surface area contributed by atoms with Gasteiger partial charge in [0.1, 0.15) is 30.0 Å². The number of aliphatic hydroxyl groups is 1. The van der Waals surface area contributed by atoms with Crippen LogP contribution in [-0.2, 0) is 45.5 Å². The van der Waals surface area contributed by atoms with E-state index in [0.717, 1.165) is 16.7 Å². The number of aliphatic hydroxyl groups excluding tert-OH is 1. The van der Waals surface area contributed by atoms with E-state index in [-0.39, 0.29) is 31.3 Å². The molecule has 0 bridgehead atoms. The van der Waals surface area contributed by atoms with Gasteiger partial charge >= 0.3 is 11.9 Å². The fourth-order valence-electron chi connectivity index (χ4n) is 7.21. The molecule has 11 nitrogen and oxygen atoms in total. The molecule has 0 unspecified atom stereocenters. The molecule has 12 heteroatoms. The molecule has 0 saturated carbocycles. The molecule has 0 radical (unpaired) electrons. The van der Waals surface area contributed by atoms with Crippen molar-refractivity contribution < 1.29 is 43.2 Å². The Balaban J connectivity index is 1.32. The minimum atomic E-state index is -1.39. The summed E-state index contributed by atoms with van der Waals surface area (Å²) in [6, 6.07) is 33.6. The van der Waals surface area contributed by atoms with Crippen LogP contribution in [0.25, 0.3) is 0 Å². The summed E-state index contributed by atoms with van der Waals surface area (Å²) in [6.07, 6.45) is -0.611. The first-order valence-corrected chi connectivity index (χ1v) is 20.4. The highest BCUT2D eigenvalue weighted by atomic mass is 127. The van der Waals surface area contributed by atoms with E-state index < -0.39 is 72.1 Å². The van der Waals surface area contributed by atoms with Gasteiger partial charge in [-0.3, -0.25) is 14.4 Å². The molecule has 1 fully saturated rings. The molecular formula is C46H49IN2O9. The highest BCUT2D eigenvalue weighted by Crippen LogP contribution is 2.47. The van der Waals surface area contributed by atoms with E-state index in [1.807, 2.05) is 103 Å². The van der Waals surface area contributed by atoms with Crippen LogP contribution in [0.5, 0.6) is 0 Å². The maximum absolute atomic E-state index is 14.7. The lowest BCUT2D eigenvalue weighted by Gasteiger charge is -2.34. The topological polar surface area (TPSA) is 141 Å². The SMILES string of the molecule is CN(C(=O)C1=C[C@H]2OC(c3ccccc3)(c3ccccc3)O[C@H]2[C@H](OC(=O)c2ccccc2I)C1)[C@H](Cc1ccccc1)C(=O)N[C@H](CO)CCC(=O)OC(C)(C)C. The molecule has 0 spiro atoms. The lowest BCUT2D eigenvalue weighted by atomic mass is 9.90. The Morgan fingerprint density at radius 3 is 2.05 bits per heavy atom. The zero-order chi connectivity index (χ0) is 41.5. The van der Waals surface area contributed by atoms with Crippen LogP contribution in [0.3, 0.4) is 0 Å². The highest BCUT2D eigenvalue weighted by molar-refractivity contribution is 14.1. The third kappa shape index (κ3) is 10.2. The Hall–Kier alpha value is -4.89. The van der Waals surface area contributed by atoms with Crippen molar-refractivity contribution in [1.29, 1.82) is 0 Å². The van der Waals surface area contributed by atoms with Crippen molar-refractivity contribution in [3.05, 3.63) is 153 Å². The van der Waals surface area contributed by atoms with Gasteiger partial charge < -0.3 is 34.3 Å². The van der Waals surface area contributed by atoms with E-state index in [1.165, 1.54) is 4.90 Å². The fourth-order valence-corrected chi connectivity index (χ4v) is 7.82. The van der Waals surface area contributed by atoms with Crippen LogP contribution in [0.15, 0.2) is 127 Å². The lowest BCUT2D eigenvalue weighted by Crippen LogP contribution is -2.53. The van der Waals surface area contributed by atoms with Crippen molar-refractivity contribution >= 4 is 46.3 Å². The Bertz CT molecular complexity index is 2050. The summed E-state index contributed by atoms with van der Waals surface area (Å²) in [6.45, 7) is 4.88. The number of carbonyl (C=O) groups excluding carboxylic acids is 4. The van der Waals surface area contributed by atoms with E-state index in [2.05, 4.69) is 27.9 Å². The number of halogens is 1. The molecule has 6 rings (SSSR count). The third-order valence-corrected chi connectivity index (χ3v) is 11.0. The molecule has 1 aliphatic carbocycles. The van der Waals surface area contributed by atoms with Gasteiger partial charge in [-0.1, -0.05) is 103 Å². The molecule has 0 aromatic heterocycles. The largest absolute Gasteiger partial charge is 0.460 e. The van der Waals surface area contributed by atoms with Gasteiger partial charge in [0.25, 0.3) is 0 Å². The molecule has 304 valence electrons. The highest BCUT2D eigenvalue weighted by Gasteiger charge is 2.55. The molecule has 1 aliphatic heterocycles. The van der Waals surface area contributed by atoms with Crippen molar-refractivity contribution in [1.82, 2.24) is 10.2 Å². The number of fused-ring (bicyclic) bond motifs is 1. The minimum absolute atomic E-state index is 0.0165. The summed E-state index contributed by atoms with van der Waals surface area (Å²) in [5, 5.41) is 13.1. The average Bonchev–Trinajstić information content (AvgIpc) is 3.63. The van der Waals surface area contributed by atoms with Gasteiger partial charge in [0.2, 0.25) is 17.6 Å². The molecule has 2 N–H and O–H groups in total. The number of likely N-dealkylation sites (N-methyl/N-ethyl adjacent to an activating group) is 1. The van der Waals surface area contributed by atoms with Crippen LogP contribution in [0, 0.1) is 3.57 Å². The van der Waals surface area contributed by atoms with Crippen molar-refractivity contribution in [2.24, 2.45) is 0 Å². The molecule has 1 saturated heterocycles. The fraction of sp³-hybridized carbons (Fsp3) is 0.348. The Labute approximate surface area is 352 Å². The number of ether oxygens (including phenoxy) is 4. The van der Waals surface area contributed by atoms with Gasteiger partial charge in [0, 0.05) is 46.6 Å². The summed E-state index contributed by atoms with van der Waals surface area (Å²) in [5.41, 5.74) is 2.23. The van der Waals surface area contributed by atoms with E-state index in [1.54, 1.807) is 46.0 Å². The molecule has 2 amide bonds. The van der Waals surface area contributed by atoms with Crippen molar-refractivity contribution in [3.8, 4) is 0 Å². The molecular weight excluding hydrogens is 851 g/mol. The first-order chi connectivity index (χ1) is 27.8. The van der Waals surface area contributed by atoms with Gasteiger partial charge in [-0.2, -0.15) is 0 Å². The van der Waals surface area contributed by atoms with Crippen LogP contribution < -0.4 is 5.32 Å². The van der Waals surface area contributed by atoms with E-state index >= 15 is 0 Å². The zero-order valence-electron chi connectivity index (χ0n) is 33.0. The number of amides is 2. The van der Waals surface area contributed by atoms with Crippen LogP contribution in [0.2, 0.25) is 0 Å². The summed E-state index contributed by atoms with van der Waals surface area (Å²) in [4.78, 5) is 56.5. The second kappa shape index (κ2) is 18.8. The van der Waals surface area contributed by atoms with Gasteiger partial charge in [-0.25, -0.2) is 4.79 Å². The molecule has 1 heterocycles. The number of rotatable bonds is 14. The van der Waals surface area contributed by atoms with Gasteiger partial charge in [-0.05, 0) is 73.6 Å². The Kier molecular flexibility index (Phi) is 13.8. The summed E-state index contributed by atoms with van der Waals surface area (Å²) in [5.74, 6) is -3.39. The van der Waals surface area contributed by atoms with Crippen LogP contribution >= 0.6 is 22.6 Å². The molecule has 2 aliphatic rings. The Morgan fingerprint density at radius 1 is 0.879 bits per heavy atom. The van der Waals surface area contributed by atoms with Crippen LogP contribution in [0.4, 0.5) is 0 Å². The monoisotopic (exact) mass is 900 g/mol. The standard InChI is InChI=1S/C46H49IN2O9/c1-45(2,3)57-40(51)25-24-34(29-50)48-42(52)37(26-30-16-8-5-9-17-30)49(4)43(53)31-27-38(55-44(54)35-22-14-15-23-36(35)47)41-39(28-31)56-46(58-41,32-18-10-6-11-19-32)33-20-12-7-13-21-33/h5-23,28,34,37-39,41,50H,24-27,29H2,1-4H3,(H,48,52)/t34-,37+,38+,39+,41-/m0/s1. The summed E-state index contributed by atoms with van der Waals surface area (Å²) in [7, 11) is 1.55. The van der Waals surface area contributed by atoms with E-state index in [0.29, 0.717) is 9.13 Å². The van der Waals surface area contributed by atoms with Gasteiger partial charge in [0.15, 0.2) is 0 Å². The third-order valence-electron chi connectivity index (χ3n) is 10.1. The predicted molar refractivity (Wildman–Crippen MR) is 225 cm³/mol. The number of benzene rings is 4. The maximum atomic E-state index is 14.7. The number of hydrogen-bond acceptors (Lipinski definition) is 9. The predicted octanol–water partition coefficient (Wildman–Crippen LogP) is 6.50. The van der Waals surface area contributed by atoms with E-state index in [4.69, 9.17) is 18.9 Å². The number of carbonyl (C=O) groups is 4. The van der Waals surface area contributed by atoms with Gasteiger partial charge in [0.05, 0.1) is 18.2 Å². The quantitative estimate of drug-likeness (QED) is 0.107. The normalized spacial score (nSPS) is 19.5. The molecule has 58 heavy (non-hydrogen) atoms. The molecule has 5 atom stereocenters. The second-order valence-corrected chi connectivity index (χ2v) is 16.6. The summed E-state index contributed by atoms with van der Waals surface area (Å²) < 4.78 is 26.1. The Morgan fingerprint density at radius 2 is 1.47 bits per heavy atom. The van der Waals surface area contributed by atoms with Crippen molar-refractivity contribution in [2.75, 3.05) is 13.7 Å². The number of nitrogens with zero attached hydrogens (tertiary/aromatic N) is 1. The average molecular weight is 901 g/mol. The van der Waals surface area contributed by atoms with Crippen LogP contribution in [0.1, 0.15) is 67.1 Å². The molecule has 4 aromatic carbocycles.